The number of carbonyl (C=O) groups excluding carboxylic acids is 2. The number of ether oxygens (including phenoxy) is 2. The molecule has 0 heterocycles. The molecule has 0 saturated carbocycles. The number of nitrogens with one attached hydrogen (secondary N) is 1. The molecular formula is C36H41N3O6S. The molecule has 0 fully saturated rings. The lowest BCUT2D eigenvalue weighted by molar-refractivity contribution is -0.139. The minimum absolute atomic E-state index is 0.0747. The number of rotatable bonds is 13. The van der Waals surface area contributed by atoms with Crippen molar-refractivity contribution in [3.05, 3.63) is 119 Å². The molecule has 9 nitrogen and oxygen atoms in total. The first kappa shape index (κ1) is 34.1. The quantitative estimate of drug-likeness (QED) is 0.215. The zero-order valence-corrected chi connectivity index (χ0v) is 27.9. The van der Waals surface area contributed by atoms with Gasteiger partial charge in [0.2, 0.25) is 11.8 Å². The van der Waals surface area contributed by atoms with Gasteiger partial charge in [0.05, 0.1) is 24.8 Å². The van der Waals surface area contributed by atoms with Crippen molar-refractivity contribution in [2.75, 3.05) is 32.1 Å². The molecule has 0 unspecified atom stereocenters. The Morgan fingerprint density at radius 1 is 0.761 bits per heavy atom. The van der Waals surface area contributed by atoms with E-state index < -0.39 is 28.5 Å². The second kappa shape index (κ2) is 15.0. The van der Waals surface area contributed by atoms with Crippen molar-refractivity contribution in [1.82, 2.24) is 10.2 Å². The molecule has 0 saturated heterocycles. The Kier molecular flexibility index (Phi) is 11.1. The summed E-state index contributed by atoms with van der Waals surface area (Å²) in [5, 5.41) is 2.70. The van der Waals surface area contributed by atoms with Crippen molar-refractivity contribution in [2.45, 2.75) is 44.7 Å². The summed E-state index contributed by atoms with van der Waals surface area (Å²) in [5.74, 6) is -0.286. The van der Waals surface area contributed by atoms with Crippen LogP contribution >= 0.6 is 0 Å². The predicted molar refractivity (Wildman–Crippen MR) is 180 cm³/mol. The van der Waals surface area contributed by atoms with Crippen molar-refractivity contribution < 1.29 is 27.5 Å². The molecule has 0 aliphatic rings. The fraction of sp³-hybridized carbons (Fsp3) is 0.278. The Morgan fingerprint density at radius 3 is 1.98 bits per heavy atom. The molecule has 0 spiro atoms. The maximum atomic E-state index is 14.5. The van der Waals surface area contributed by atoms with Crippen LogP contribution in [-0.2, 0) is 32.6 Å². The fourth-order valence-electron chi connectivity index (χ4n) is 5.34. The lowest BCUT2D eigenvalue weighted by Gasteiger charge is -2.33. The molecule has 46 heavy (non-hydrogen) atoms. The number of likely N-dealkylation sites (N-methyl/N-ethyl adjacent to an activating group) is 1. The SMILES string of the molecule is CNC(=O)[C@H](Cc1ccccc1)N(Cc1ccc(C)cc1)C(=O)CN(c1cc(C)cc(C)c1)S(=O)(=O)c1ccc(OC)c(OC)c1. The molecule has 1 atom stereocenters. The highest BCUT2D eigenvalue weighted by Crippen LogP contribution is 2.33. The van der Waals surface area contributed by atoms with Gasteiger partial charge in [0.1, 0.15) is 12.6 Å². The van der Waals surface area contributed by atoms with Crippen LogP contribution in [0.2, 0.25) is 0 Å². The summed E-state index contributed by atoms with van der Waals surface area (Å²) in [6.45, 7) is 5.25. The Hall–Kier alpha value is -4.83. The van der Waals surface area contributed by atoms with Crippen molar-refractivity contribution in [2.24, 2.45) is 0 Å². The van der Waals surface area contributed by atoms with Crippen LogP contribution in [0.1, 0.15) is 27.8 Å². The average molecular weight is 644 g/mol. The Balaban J connectivity index is 1.83. The molecule has 0 radical (unpaired) electrons. The van der Waals surface area contributed by atoms with E-state index in [4.69, 9.17) is 9.47 Å². The minimum Gasteiger partial charge on any atom is -0.493 e. The third kappa shape index (κ3) is 8.06. The molecule has 0 bridgehead atoms. The Labute approximate surface area is 271 Å². The normalized spacial score (nSPS) is 11.8. The number of aryl methyl sites for hydroxylation is 3. The van der Waals surface area contributed by atoms with E-state index in [0.717, 1.165) is 32.1 Å². The number of carbonyl (C=O) groups is 2. The van der Waals surface area contributed by atoms with Crippen LogP contribution in [0.5, 0.6) is 11.5 Å². The van der Waals surface area contributed by atoms with Gasteiger partial charge in [0, 0.05) is 26.1 Å². The summed E-state index contributed by atoms with van der Waals surface area (Å²) in [7, 11) is 0.103. The lowest BCUT2D eigenvalue weighted by atomic mass is 10.0. The van der Waals surface area contributed by atoms with E-state index in [-0.39, 0.29) is 29.5 Å². The molecule has 4 aromatic carbocycles. The number of methoxy groups -OCH3 is 2. The first-order valence-corrected chi connectivity index (χ1v) is 16.3. The van der Waals surface area contributed by atoms with E-state index in [1.807, 2.05) is 81.4 Å². The van der Waals surface area contributed by atoms with E-state index in [9.17, 15) is 18.0 Å². The van der Waals surface area contributed by atoms with Crippen LogP contribution in [0.15, 0.2) is 95.9 Å². The maximum absolute atomic E-state index is 14.5. The Morgan fingerprint density at radius 2 is 1.39 bits per heavy atom. The summed E-state index contributed by atoms with van der Waals surface area (Å²) < 4.78 is 40.6. The van der Waals surface area contributed by atoms with Gasteiger partial charge >= 0.3 is 0 Å². The zero-order chi connectivity index (χ0) is 33.4. The van der Waals surface area contributed by atoms with E-state index >= 15 is 0 Å². The summed E-state index contributed by atoms with van der Waals surface area (Å²) in [6, 6.07) is 25.9. The molecule has 10 heteroatoms. The summed E-state index contributed by atoms with van der Waals surface area (Å²) in [4.78, 5) is 29.3. The molecule has 242 valence electrons. The van der Waals surface area contributed by atoms with Crippen LogP contribution in [0.25, 0.3) is 0 Å². The number of amides is 2. The first-order valence-electron chi connectivity index (χ1n) is 14.9. The number of sulfonamides is 1. The second-order valence-electron chi connectivity index (χ2n) is 11.2. The largest absolute Gasteiger partial charge is 0.493 e. The predicted octanol–water partition coefficient (Wildman–Crippen LogP) is 5.21. The third-order valence-corrected chi connectivity index (χ3v) is 9.48. The van der Waals surface area contributed by atoms with Gasteiger partial charge < -0.3 is 19.7 Å². The van der Waals surface area contributed by atoms with Crippen molar-refractivity contribution in [3.63, 3.8) is 0 Å². The zero-order valence-electron chi connectivity index (χ0n) is 27.1. The number of hydrogen-bond donors (Lipinski definition) is 1. The van der Waals surface area contributed by atoms with E-state index in [0.29, 0.717) is 11.4 Å². The highest BCUT2D eigenvalue weighted by molar-refractivity contribution is 7.92. The van der Waals surface area contributed by atoms with Gasteiger partial charge in [-0.15, -0.1) is 0 Å². The highest BCUT2D eigenvalue weighted by Gasteiger charge is 2.35. The van der Waals surface area contributed by atoms with Crippen molar-refractivity contribution in [3.8, 4) is 11.5 Å². The maximum Gasteiger partial charge on any atom is 0.264 e. The lowest BCUT2D eigenvalue weighted by Crippen LogP contribution is -2.53. The number of benzene rings is 4. The summed E-state index contributed by atoms with van der Waals surface area (Å²) >= 11 is 0. The van der Waals surface area contributed by atoms with E-state index in [1.54, 1.807) is 12.1 Å². The molecule has 0 aliphatic carbocycles. The van der Waals surface area contributed by atoms with Crippen LogP contribution in [-0.4, -0.2) is 59.0 Å². The number of nitrogens with zero attached hydrogens (tertiary/aromatic N) is 2. The van der Waals surface area contributed by atoms with Gasteiger partial charge in [-0.25, -0.2) is 8.42 Å². The first-order chi connectivity index (χ1) is 22.0. The van der Waals surface area contributed by atoms with Gasteiger partial charge in [0.25, 0.3) is 10.0 Å². The summed E-state index contributed by atoms with van der Waals surface area (Å²) in [5.41, 5.74) is 4.72. The molecule has 1 N–H and O–H groups in total. The number of anilines is 1. The van der Waals surface area contributed by atoms with Gasteiger partial charge in [-0.1, -0.05) is 66.2 Å². The second-order valence-corrected chi connectivity index (χ2v) is 13.1. The number of hydrogen-bond acceptors (Lipinski definition) is 6. The van der Waals surface area contributed by atoms with Gasteiger partial charge in [-0.3, -0.25) is 13.9 Å². The van der Waals surface area contributed by atoms with Gasteiger partial charge in [-0.2, -0.15) is 0 Å². The monoisotopic (exact) mass is 643 g/mol. The fourth-order valence-corrected chi connectivity index (χ4v) is 6.75. The third-order valence-electron chi connectivity index (χ3n) is 7.71. The topological polar surface area (TPSA) is 105 Å². The van der Waals surface area contributed by atoms with Crippen LogP contribution in [0, 0.1) is 20.8 Å². The average Bonchev–Trinajstić information content (AvgIpc) is 3.05. The molecule has 0 aliphatic heterocycles. The van der Waals surface area contributed by atoms with Gasteiger partial charge in [-0.05, 0) is 67.3 Å². The van der Waals surface area contributed by atoms with Gasteiger partial charge in [0.15, 0.2) is 11.5 Å². The minimum atomic E-state index is -4.31. The molecule has 0 aromatic heterocycles. The van der Waals surface area contributed by atoms with E-state index in [2.05, 4.69) is 5.32 Å². The molecule has 2 amide bonds. The molecule has 4 aromatic rings. The van der Waals surface area contributed by atoms with Crippen LogP contribution < -0.4 is 19.1 Å². The molecular weight excluding hydrogens is 602 g/mol. The van der Waals surface area contributed by atoms with E-state index in [1.165, 1.54) is 44.4 Å². The van der Waals surface area contributed by atoms with Crippen molar-refractivity contribution in [1.29, 1.82) is 0 Å². The van der Waals surface area contributed by atoms with Crippen molar-refractivity contribution >= 4 is 27.5 Å². The smallest absolute Gasteiger partial charge is 0.264 e. The Bertz CT molecular complexity index is 1760. The highest BCUT2D eigenvalue weighted by atomic mass is 32.2. The van der Waals surface area contributed by atoms with Crippen LogP contribution in [0.3, 0.4) is 0 Å². The standard InChI is InChI=1S/C36H41N3O6S/c1-25-12-14-29(15-13-25)23-38(32(36(41)37-4)21-28-10-8-7-9-11-28)35(40)24-39(30-19-26(2)18-27(3)20-30)46(42,43)31-16-17-33(44-5)34(22-31)45-6/h7-20,22,32H,21,23-24H2,1-6H3,(H,37,41)/t32-/m0/s1. The summed E-state index contributed by atoms with van der Waals surface area (Å²) in [6.07, 6.45) is 0.240. The molecule has 4 rings (SSSR count). The van der Waals surface area contributed by atoms with Crippen LogP contribution in [0.4, 0.5) is 5.69 Å².